The molecule has 2 unspecified atom stereocenters. The molecule has 1 heterocycles. The lowest BCUT2D eigenvalue weighted by molar-refractivity contribution is -0.137. The minimum atomic E-state index is -0.944. The van der Waals surface area contributed by atoms with E-state index in [1.165, 1.54) is 0 Å². The first kappa shape index (κ1) is 13.0. The van der Waals surface area contributed by atoms with E-state index in [1.807, 2.05) is 6.92 Å². The zero-order valence-corrected chi connectivity index (χ0v) is 9.73. The molecule has 0 aromatic carbocycles. The number of aromatic nitrogens is 2. The number of hydrogen-bond donors (Lipinski definition) is 4. The van der Waals surface area contributed by atoms with Crippen molar-refractivity contribution in [2.45, 2.75) is 32.4 Å². The molecule has 0 fully saturated rings. The van der Waals surface area contributed by atoms with Crippen LogP contribution in [0.1, 0.15) is 31.9 Å². The zero-order valence-electron chi connectivity index (χ0n) is 9.73. The van der Waals surface area contributed by atoms with Gasteiger partial charge in [-0.1, -0.05) is 0 Å². The number of aromatic amines is 1. The van der Waals surface area contributed by atoms with Gasteiger partial charge in [0.1, 0.15) is 0 Å². The molecule has 1 rings (SSSR count). The molecule has 0 saturated carbocycles. The van der Waals surface area contributed by atoms with Gasteiger partial charge in [-0.25, -0.2) is 4.79 Å². The second-order valence-corrected chi connectivity index (χ2v) is 3.87. The standard InChI is InChI=1S/C10H16N4O3/c1-6(3-9(15)16)13-10(17)14-7(2)8-4-11-12-5-8/h4-7H,3H2,1-2H3,(H,11,12)(H,15,16)(H2,13,14,17). The van der Waals surface area contributed by atoms with E-state index < -0.39 is 18.0 Å². The van der Waals surface area contributed by atoms with E-state index in [2.05, 4.69) is 20.8 Å². The fourth-order valence-corrected chi connectivity index (χ4v) is 1.36. The Morgan fingerprint density at radius 1 is 1.47 bits per heavy atom. The molecule has 0 aliphatic carbocycles. The van der Waals surface area contributed by atoms with Gasteiger partial charge in [-0.2, -0.15) is 5.10 Å². The normalized spacial score (nSPS) is 13.8. The van der Waals surface area contributed by atoms with E-state index in [1.54, 1.807) is 19.3 Å². The van der Waals surface area contributed by atoms with Gasteiger partial charge in [0, 0.05) is 17.8 Å². The van der Waals surface area contributed by atoms with E-state index in [4.69, 9.17) is 5.11 Å². The summed E-state index contributed by atoms with van der Waals surface area (Å²) in [5, 5.41) is 20.2. The SMILES string of the molecule is CC(CC(=O)O)NC(=O)NC(C)c1cn[nH]c1. The smallest absolute Gasteiger partial charge is 0.315 e. The highest BCUT2D eigenvalue weighted by Crippen LogP contribution is 2.08. The van der Waals surface area contributed by atoms with Gasteiger partial charge >= 0.3 is 12.0 Å². The minimum absolute atomic E-state index is 0.104. The van der Waals surface area contributed by atoms with E-state index >= 15 is 0 Å². The Morgan fingerprint density at radius 2 is 2.18 bits per heavy atom. The van der Waals surface area contributed by atoms with Crippen LogP contribution < -0.4 is 10.6 Å². The Hall–Kier alpha value is -2.05. The lowest BCUT2D eigenvalue weighted by Crippen LogP contribution is -2.42. The molecule has 0 aliphatic heterocycles. The third kappa shape index (κ3) is 4.54. The summed E-state index contributed by atoms with van der Waals surface area (Å²) in [4.78, 5) is 21.9. The topological polar surface area (TPSA) is 107 Å². The van der Waals surface area contributed by atoms with Crippen LogP contribution in [0, 0.1) is 0 Å². The number of rotatable bonds is 5. The van der Waals surface area contributed by atoms with Crippen molar-refractivity contribution in [2.24, 2.45) is 0 Å². The van der Waals surface area contributed by atoms with Crippen LogP contribution in [-0.2, 0) is 4.79 Å². The number of carboxylic acid groups (broad SMARTS) is 1. The van der Waals surface area contributed by atoms with Crippen LogP contribution >= 0.6 is 0 Å². The van der Waals surface area contributed by atoms with Gasteiger partial charge in [0.25, 0.3) is 0 Å². The summed E-state index contributed by atoms with van der Waals surface area (Å²) in [6, 6.07) is -0.998. The second kappa shape index (κ2) is 5.88. The van der Waals surface area contributed by atoms with Gasteiger partial charge in [0.15, 0.2) is 0 Å². The van der Waals surface area contributed by atoms with Crippen LogP contribution in [0.5, 0.6) is 0 Å². The monoisotopic (exact) mass is 240 g/mol. The average Bonchev–Trinajstić information content (AvgIpc) is 2.67. The van der Waals surface area contributed by atoms with Crippen molar-refractivity contribution >= 4 is 12.0 Å². The predicted molar refractivity (Wildman–Crippen MR) is 60.4 cm³/mol. The molecule has 2 amide bonds. The maximum absolute atomic E-state index is 11.5. The van der Waals surface area contributed by atoms with Gasteiger partial charge < -0.3 is 15.7 Å². The zero-order chi connectivity index (χ0) is 12.8. The number of urea groups is 1. The summed E-state index contributed by atoms with van der Waals surface area (Å²) < 4.78 is 0. The van der Waals surface area contributed by atoms with Crippen molar-refractivity contribution in [1.82, 2.24) is 20.8 Å². The van der Waals surface area contributed by atoms with Crippen LogP contribution in [-0.4, -0.2) is 33.3 Å². The van der Waals surface area contributed by atoms with E-state index in [0.717, 1.165) is 5.56 Å². The molecule has 0 bridgehead atoms. The minimum Gasteiger partial charge on any atom is -0.481 e. The van der Waals surface area contributed by atoms with Gasteiger partial charge in [-0.05, 0) is 13.8 Å². The Morgan fingerprint density at radius 3 is 2.71 bits per heavy atom. The first-order valence-corrected chi connectivity index (χ1v) is 5.26. The molecule has 7 heteroatoms. The average molecular weight is 240 g/mol. The number of nitrogens with zero attached hydrogens (tertiary/aromatic N) is 1. The first-order chi connectivity index (χ1) is 7.99. The maximum Gasteiger partial charge on any atom is 0.315 e. The molecule has 0 aliphatic rings. The Bertz CT molecular complexity index is 377. The predicted octanol–water partition coefficient (Wildman–Crippen LogP) is 0.633. The lowest BCUT2D eigenvalue weighted by atomic mass is 10.2. The summed E-state index contributed by atoms with van der Waals surface area (Å²) in [7, 11) is 0. The molecule has 7 nitrogen and oxygen atoms in total. The van der Waals surface area contributed by atoms with Crippen LogP contribution in [0.4, 0.5) is 4.79 Å². The van der Waals surface area contributed by atoms with Crippen molar-refractivity contribution in [3.63, 3.8) is 0 Å². The largest absolute Gasteiger partial charge is 0.481 e. The van der Waals surface area contributed by atoms with Crippen LogP contribution in [0.15, 0.2) is 12.4 Å². The van der Waals surface area contributed by atoms with E-state index in [-0.39, 0.29) is 12.5 Å². The third-order valence-electron chi connectivity index (χ3n) is 2.23. The van der Waals surface area contributed by atoms with Gasteiger partial charge in [-0.3, -0.25) is 9.89 Å². The molecule has 0 saturated heterocycles. The van der Waals surface area contributed by atoms with Crippen LogP contribution in [0.2, 0.25) is 0 Å². The molecular weight excluding hydrogens is 224 g/mol. The highest BCUT2D eigenvalue weighted by Gasteiger charge is 2.13. The number of amides is 2. The molecule has 94 valence electrons. The Kier molecular flexibility index (Phi) is 4.50. The molecule has 4 N–H and O–H groups in total. The number of hydrogen-bond acceptors (Lipinski definition) is 3. The van der Waals surface area contributed by atoms with Crippen molar-refractivity contribution in [3.05, 3.63) is 18.0 Å². The van der Waals surface area contributed by atoms with Gasteiger partial charge in [-0.15, -0.1) is 0 Å². The van der Waals surface area contributed by atoms with E-state index in [0.29, 0.717) is 0 Å². The summed E-state index contributed by atoms with van der Waals surface area (Å²) in [5.41, 5.74) is 0.853. The first-order valence-electron chi connectivity index (χ1n) is 5.26. The molecule has 0 radical (unpaired) electrons. The maximum atomic E-state index is 11.5. The lowest BCUT2D eigenvalue weighted by Gasteiger charge is -2.16. The van der Waals surface area contributed by atoms with Crippen LogP contribution in [0.3, 0.4) is 0 Å². The molecule has 1 aromatic rings. The van der Waals surface area contributed by atoms with E-state index in [9.17, 15) is 9.59 Å². The summed E-state index contributed by atoms with van der Waals surface area (Å²) in [6.45, 7) is 3.45. The number of carbonyl (C=O) groups excluding carboxylic acids is 1. The highest BCUT2D eigenvalue weighted by atomic mass is 16.4. The number of H-pyrrole nitrogens is 1. The second-order valence-electron chi connectivity index (χ2n) is 3.87. The highest BCUT2D eigenvalue weighted by molar-refractivity contribution is 5.76. The molecular formula is C10H16N4O3. The quantitative estimate of drug-likeness (QED) is 0.605. The Labute approximate surface area is 98.6 Å². The number of aliphatic carboxylic acids is 1. The summed E-state index contributed by atoms with van der Waals surface area (Å²) in [6.07, 6.45) is 3.20. The summed E-state index contributed by atoms with van der Waals surface area (Å²) in [5.74, 6) is -0.944. The number of carbonyl (C=O) groups is 2. The third-order valence-corrected chi connectivity index (χ3v) is 2.23. The fraction of sp³-hybridized carbons (Fsp3) is 0.500. The molecule has 2 atom stereocenters. The summed E-state index contributed by atoms with van der Waals surface area (Å²) >= 11 is 0. The van der Waals surface area contributed by atoms with Crippen LogP contribution in [0.25, 0.3) is 0 Å². The van der Waals surface area contributed by atoms with Crippen molar-refractivity contribution < 1.29 is 14.7 Å². The van der Waals surface area contributed by atoms with Crippen molar-refractivity contribution in [3.8, 4) is 0 Å². The number of nitrogens with one attached hydrogen (secondary N) is 3. The Balaban J connectivity index is 2.37. The molecule has 1 aromatic heterocycles. The molecule has 0 spiro atoms. The van der Waals surface area contributed by atoms with Crippen molar-refractivity contribution in [1.29, 1.82) is 0 Å². The van der Waals surface area contributed by atoms with Gasteiger partial charge in [0.05, 0.1) is 18.7 Å². The molecule has 17 heavy (non-hydrogen) atoms. The van der Waals surface area contributed by atoms with Crippen molar-refractivity contribution in [2.75, 3.05) is 0 Å². The van der Waals surface area contributed by atoms with Gasteiger partial charge in [0.2, 0.25) is 0 Å². The fourth-order valence-electron chi connectivity index (χ4n) is 1.36. The number of carboxylic acids is 1.